The summed E-state index contributed by atoms with van der Waals surface area (Å²) in [4.78, 5) is 20.3. The SMILES string of the molecule is O=C(NCCc1nccn1Cc1ccccc1)c1ccc(Cl)nc1. The fourth-order valence-corrected chi connectivity index (χ4v) is 2.50. The number of hydrogen-bond donors (Lipinski definition) is 1. The van der Waals surface area contributed by atoms with E-state index < -0.39 is 0 Å². The number of hydrogen-bond acceptors (Lipinski definition) is 3. The predicted octanol–water partition coefficient (Wildman–Crippen LogP) is 2.95. The van der Waals surface area contributed by atoms with Crippen LogP contribution in [0.15, 0.2) is 61.1 Å². The van der Waals surface area contributed by atoms with E-state index in [0.29, 0.717) is 23.7 Å². The molecule has 2 aromatic heterocycles. The maximum atomic E-state index is 12.0. The number of carbonyl (C=O) groups is 1. The lowest BCUT2D eigenvalue weighted by atomic mass is 10.2. The molecule has 0 bridgehead atoms. The Balaban J connectivity index is 1.55. The van der Waals surface area contributed by atoms with Crippen LogP contribution in [0, 0.1) is 0 Å². The van der Waals surface area contributed by atoms with Crippen molar-refractivity contribution in [2.75, 3.05) is 6.54 Å². The van der Waals surface area contributed by atoms with Crippen molar-refractivity contribution in [2.24, 2.45) is 0 Å². The summed E-state index contributed by atoms with van der Waals surface area (Å²) in [6.45, 7) is 1.28. The van der Waals surface area contributed by atoms with E-state index in [1.165, 1.54) is 11.8 Å². The Morgan fingerprint density at radius 1 is 1.12 bits per heavy atom. The molecule has 5 nitrogen and oxygen atoms in total. The van der Waals surface area contributed by atoms with Crippen LogP contribution in [0.2, 0.25) is 5.15 Å². The van der Waals surface area contributed by atoms with E-state index in [1.807, 2.05) is 24.4 Å². The van der Waals surface area contributed by atoms with Crippen molar-refractivity contribution in [1.82, 2.24) is 19.9 Å². The molecule has 6 heteroatoms. The highest BCUT2D eigenvalue weighted by molar-refractivity contribution is 6.29. The van der Waals surface area contributed by atoms with Crippen molar-refractivity contribution in [2.45, 2.75) is 13.0 Å². The average molecular weight is 341 g/mol. The van der Waals surface area contributed by atoms with Gasteiger partial charge in [-0.15, -0.1) is 0 Å². The second kappa shape index (κ2) is 7.75. The molecule has 0 saturated heterocycles. The molecule has 2 heterocycles. The van der Waals surface area contributed by atoms with Crippen LogP contribution in [0.25, 0.3) is 0 Å². The lowest BCUT2D eigenvalue weighted by molar-refractivity contribution is 0.0953. The zero-order chi connectivity index (χ0) is 16.8. The first-order chi connectivity index (χ1) is 11.7. The van der Waals surface area contributed by atoms with Gasteiger partial charge in [-0.1, -0.05) is 41.9 Å². The zero-order valence-corrected chi connectivity index (χ0v) is 13.8. The summed E-state index contributed by atoms with van der Waals surface area (Å²) < 4.78 is 2.09. The number of pyridine rings is 1. The van der Waals surface area contributed by atoms with Gasteiger partial charge >= 0.3 is 0 Å². The molecule has 1 N–H and O–H groups in total. The number of nitrogens with zero attached hydrogens (tertiary/aromatic N) is 3. The largest absolute Gasteiger partial charge is 0.352 e. The topological polar surface area (TPSA) is 59.8 Å². The van der Waals surface area contributed by atoms with Crippen LogP contribution in [0.5, 0.6) is 0 Å². The highest BCUT2D eigenvalue weighted by atomic mass is 35.5. The lowest BCUT2D eigenvalue weighted by Crippen LogP contribution is -2.26. The second-order valence-corrected chi connectivity index (χ2v) is 5.72. The van der Waals surface area contributed by atoms with E-state index in [9.17, 15) is 4.79 Å². The quantitative estimate of drug-likeness (QED) is 0.702. The molecular formula is C18H17ClN4O. The third kappa shape index (κ3) is 4.20. The Morgan fingerprint density at radius 2 is 1.96 bits per heavy atom. The van der Waals surface area contributed by atoms with Crippen molar-refractivity contribution >= 4 is 17.5 Å². The van der Waals surface area contributed by atoms with Crippen LogP contribution in [0.4, 0.5) is 0 Å². The first-order valence-corrected chi connectivity index (χ1v) is 8.04. The molecule has 0 unspecified atom stereocenters. The van der Waals surface area contributed by atoms with E-state index in [2.05, 4.69) is 32.0 Å². The van der Waals surface area contributed by atoms with Gasteiger partial charge in [0.2, 0.25) is 0 Å². The Labute approximate surface area is 145 Å². The molecule has 24 heavy (non-hydrogen) atoms. The summed E-state index contributed by atoms with van der Waals surface area (Å²) in [5.74, 6) is 0.772. The fourth-order valence-electron chi connectivity index (χ4n) is 2.39. The predicted molar refractivity (Wildman–Crippen MR) is 93.1 cm³/mol. The number of carbonyl (C=O) groups excluding carboxylic acids is 1. The van der Waals surface area contributed by atoms with Crippen molar-refractivity contribution in [3.8, 4) is 0 Å². The van der Waals surface area contributed by atoms with Crippen LogP contribution in [0.3, 0.4) is 0 Å². The number of amides is 1. The number of imidazole rings is 1. The molecular weight excluding hydrogens is 324 g/mol. The van der Waals surface area contributed by atoms with Crippen LogP contribution < -0.4 is 5.32 Å². The van der Waals surface area contributed by atoms with Gasteiger partial charge in [-0.25, -0.2) is 9.97 Å². The second-order valence-electron chi connectivity index (χ2n) is 5.33. The molecule has 3 rings (SSSR count). The van der Waals surface area contributed by atoms with Crippen LogP contribution in [-0.4, -0.2) is 27.0 Å². The minimum atomic E-state index is -0.166. The minimum Gasteiger partial charge on any atom is -0.352 e. The van der Waals surface area contributed by atoms with E-state index in [4.69, 9.17) is 11.6 Å². The van der Waals surface area contributed by atoms with Gasteiger partial charge in [-0.05, 0) is 17.7 Å². The normalized spacial score (nSPS) is 10.5. The van der Waals surface area contributed by atoms with Gasteiger partial charge in [-0.3, -0.25) is 4.79 Å². The van der Waals surface area contributed by atoms with Crippen LogP contribution >= 0.6 is 11.6 Å². The maximum Gasteiger partial charge on any atom is 0.252 e. The molecule has 0 aliphatic heterocycles. The Bertz CT molecular complexity index is 799. The van der Waals surface area contributed by atoms with Gasteiger partial charge in [0.05, 0.1) is 5.56 Å². The highest BCUT2D eigenvalue weighted by Crippen LogP contribution is 2.07. The summed E-state index contributed by atoms with van der Waals surface area (Å²) in [7, 11) is 0. The number of aromatic nitrogens is 3. The molecule has 0 aliphatic rings. The molecule has 122 valence electrons. The summed E-state index contributed by atoms with van der Waals surface area (Å²) in [6, 6.07) is 13.5. The average Bonchev–Trinajstić information content (AvgIpc) is 3.03. The molecule has 1 aromatic carbocycles. The van der Waals surface area contributed by atoms with Gasteiger partial charge in [0.15, 0.2) is 0 Å². The Hall–Kier alpha value is -2.66. The first-order valence-electron chi connectivity index (χ1n) is 7.66. The third-order valence-corrected chi connectivity index (χ3v) is 3.84. The van der Waals surface area contributed by atoms with Crippen molar-refractivity contribution in [3.05, 3.63) is 83.2 Å². The molecule has 1 amide bonds. The van der Waals surface area contributed by atoms with Crippen LogP contribution in [-0.2, 0) is 13.0 Å². The molecule has 0 radical (unpaired) electrons. The molecule has 0 atom stereocenters. The lowest BCUT2D eigenvalue weighted by Gasteiger charge is -2.09. The van der Waals surface area contributed by atoms with Gasteiger partial charge in [0.1, 0.15) is 11.0 Å². The summed E-state index contributed by atoms with van der Waals surface area (Å²) in [5.41, 5.74) is 1.71. The minimum absolute atomic E-state index is 0.166. The molecule has 0 saturated carbocycles. The number of benzene rings is 1. The standard InChI is InChI=1S/C18H17ClN4O/c19-16-7-6-15(12-22-16)18(24)21-9-8-17-20-10-11-23(17)13-14-4-2-1-3-5-14/h1-7,10-12H,8-9,13H2,(H,21,24). The highest BCUT2D eigenvalue weighted by Gasteiger charge is 2.07. The van der Waals surface area contributed by atoms with E-state index >= 15 is 0 Å². The maximum absolute atomic E-state index is 12.0. The van der Waals surface area contributed by atoms with Crippen molar-refractivity contribution in [1.29, 1.82) is 0 Å². The van der Waals surface area contributed by atoms with E-state index in [1.54, 1.807) is 18.3 Å². The van der Waals surface area contributed by atoms with Crippen molar-refractivity contribution in [3.63, 3.8) is 0 Å². The van der Waals surface area contributed by atoms with Gasteiger partial charge in [0.25, 0.3) is 5.91 Å². The summed E-state index contributed by atoms with van der Waals surface area (Å²) in [6.07, 6.45) is 5.86. The molecule has 0 fully saturated rings. The van der Waals surface area contributed by atoms with Gasteiger partial charge < -0.3 is 9.88 Å². The monoisotopic (exact) mass is 340 g/mol. The Kier molecular flexibility index (Phi) is 5.23. The summed E-state index contributed by atoms with van der Waals surface area (Å²) in [5, 5.41) is 3.24. The fraction of sp³-hybridized carbons (Fsp3) is 0.167. The molecule has 0 spiro atoms. The van der Waals surface area contributed by atoms with E-state index in [-0.39, 0.29) is 5.91 Å². The van der Waals surface area contributed by atoms with Gasteiger partial charge in [-0.2, -0.15) is 0 Å². The smallest absolute Gasteiger partial charge is 0.252 e. The molecule has 0 aliphatic carbocycles. The van der Waals surface area contributed by atoms with E-state index in [0.717, 1.165) is 12.4 Å². The zero-order valence-electron chi connectivity index (χ0n) is 13.0. The number of nitrogens with one attached hydrogen (secondary N) is 1. The van der Waals surface area contributed by atoms with Crippen molar-refractivity contribution < 1.29 is 4.79 Å². The number of rotatable bonds is 6. The summed E-state index contributed by atoms with van der Waals surface area (Å²) >= 11 is 5.72. The molecule has 3 aromatic rings. The first kappa shape index (κ1) is 16.2. The van der Waals surface area contributed by atoms with Gasteiger partial charge in [0, 0.05) is 38.1 Å². The third-order valence-electron chi connectivity index (χ3n) is 3.62. The number of halogens is 1. The Morgan fingerprint density at radius 3 is 2.71 bits per heavy atom. The van der Waals surface area contributed by atoms with Crippen LogP contribution in [0.1, 0.15) is 21.7 Å².